The number of hydrogen-bond donors (Lipinski definition) is 1. The number of fused-ring (bicyclic) bond motifs is 3. The van der Waals surface area contributed by atoms with E-state index in [2.05, 4.69) is 22.6 Å². The zero-order chi connectivity index (χ0) is 11.1. The van der Waals surface area contributed by atoms with Gasteiger partial charge in [0.25, 0.3) is 0 Å². The van der Waals surface area contributed by atoms with Crippen LogP contribution in [0.5, 0.6) is 0 Å². The van der Waals surface area contributed by atoms with Crippen molar-refractivity contribution in [3.8, 4) is 0 Å². The highest BCUT2D eigenvalue weighted by atomic mass is 15.2. The molecular formula is C13H21N3. The van der Waals surface area contributed by atoms with Gasteiger partial charge in [-0.25, -0.2) is 0 Å². The van der Waals surface area contributed by atoms with E-state index in [-0.39, 0.29) is 0 Å². The van der Waals surface area contributed by atoms with Crippen molar-refractivity contribution in [2.75, 3.05) is 20.1 Å². The monoisotopic (exact) mass is 219 g/mol. The lowest BCUT2D eigenvalue weighted by Gasteiger charge is -2.32. The third kappa shape index (κ3) is 1.42. The molecule has 3 heterocycles. The van der Waals surface area contributed by atoms with Crippen LogP contribution in [-0.2, 0) is 19.4 Å². The molecule has 2 aliphatic heterocycles. The van der Waals surface area contributed by atoms with Crippen LogP contribution in [-0.4, -0.2) is 29.6 Å². The smallest absolute Gasteiger partial charge is 0.0485 e. The van der Waals surface area contributed by atoms with E-state index in [1.54, 1.807) is 11.4 Å². The minimum Gasteiger partial charge on any atom is -0.348 e. The lowest BCUT2D eigenvalue weighted by Crippen LogP contribution is -2.36. The fourth-order valence-corrected chi connectivity index (χ4v) is 3.28. The Morgan fingerprint density at radius 1 is 1.31 bits per heavy atom. The van der Waals surface area contributed by atoms with Gasteiger partial charge < -0.3 is 10.3 Å². The van der Waals surface area contributed by atoms with Gasteiger partial charge in [0.1, 0.15) is 0 Å². The molecule has 2 aliphatic rings. The second kappa shape index (κ2) is 3.90. The molecule has 0 bridgehead atoms. The van der Waals surface area contributed by atoms with E-state index in [1.165, 1.54) is 37.8 Å². The average molecular weight is 219 g/mol. The predicted molar refractivity (Wildman–Crippen MR) is 65.5 cm³/mol. The zero-order valence-electron chi connectivity index (χ0n) is 10.1. The molecule has 0 amide bonds. The highest BCUT2D eigenvalue weighted by Gasteiger charge is 2.28. The summed E-state index contributed by atoms with van der Waals surface area (Å²) in [5.74, 6) is 0. The van der Waals surface area contributed by atoms with Crippen molar-refractivity contribution in [3.05, 3.63) is 23.0 Å². The molecule has 0 aliphatic carbocycles. The summed E-state index contributed by atoms with van der Waals surface area (Å²) < 4.78 is 2.56. The Balaban J connectivity index is 2.06. The quantitative estimate of drug-likeness (QED) is 0.773. The molecule has 1 atom stereocenters. The van der Waals surface area contributed by atoms with Crippen LogP contribution in [0.15, 0.2) is 6.07 Å². The average Bonchev–Trinajstić information content (AvgIpc) is 2.67. The van der Waals surface area contributed by atoms with Gasteiger partial charge in [-0.1, -0.05) is 0 Å². The van der Waals surface area contributed by atoms with Gasteiger partial charge in [0.2, 0.25) is 0 Å². The normalized spacial score (nSPS) is 25.2. The van der Waals surface area contributed by atoms with E-state index in [0.717, 1.165) is 13.1 Å². The number of nitrogens with two attached hydrogens (primary N) is 1. The molecule has 3 nitrogen and oxygen atoms in total. The van der Waals surface area contributed by atoms with Crippen molar-refractivity contribution in [1.82, 2.24) is 9.47 Å². The lowest BCUT2D eigenvalue weighted by molar-refractivity contribution is 0.233. The second-order valence-corrected chi connectivity index (χ2v) is 5.13. The SMILES string of the molecule is CN1CCc2c(cc3n2CCCC3)C1CN. The summed E-state index contributed by atoms with van der Waals surface area (Å²) in [5.41, 5.74) is 10.5. The topological polar surface area (TPSA) is 34.2 Å². The zero-order valence-corrected chi connectivity index (χ0v) is 10.1. The van der Waals surface area contributed by atoms with Crippen LogP contribution in [0.25, 0.3) is 0 Å². The van der Waals surface area contributed by atoms with E-state index >= 15 is 0 Å². The first-order valence-corrected chi connectivity index (χ1v) is 6.42. The molecule has 1 unspecified atom stereocenters. The molecular weight excluding hydrogens is 198 g/mol. The Kier molecular flexibility index (Phi) is 2.52. The van der Waals surface area contributed by atoms with Crippen molar-refractivity contribution in [3.63, 3.8) is 0 Å². The minimum atomic E-state index is 0.446. The molecule has 2 N–H and O–H groups in total. The van der Waals surface area contributed by atoms with Crippen molar-refractivity contribution < 1.29 is 0 Å². The molecule has 0 spiro atoms. The van der Waals surface area contributed by atoms with E-state index < -0.39 is 0 Å². The number of hydrogen-bond acceptors (Lipinski definition) is 2. The van der Waals surface area contributed by atoms with Gasteiger partial charge in [-0.2, -0.15) is 0 Å². The summed E-state index contributed by atoms with van der Waals surface area (Å²) in [6.45, 7) is 3.12. The molecule has 16 heavy (non-hydrogen) atoms. The number of rotatable bonds is 1. The molecule has 0 aromatic carbocycles. The maximum atomic E-state index is 5.92. The number of aromatic nitrogens is 1. The molecule has 0 radical (unpaired) electrons. The standard InChI is InChI=1S/C13H21N3/c1-15-7-5-12-11(13(15)9-14)8-10-4-2-3-6-16(10)12/h8,13H,2-7,9,14H2,1H3. The van der Waals surface area contributed by atoms with Crippen LogP contribution >= 0.6 is 0 Å². The summed E-state index contributed by atoms with van der Waals surface area (Å²) in [5, 5.41) is 0. The molecule has 1 aromatic heterocycles. The maximum Gasteiger partial charge on any atom is 0.0485 e. The first-order chi connectivity index (χ1) is 7.81. The molecule has 3 rings (SSSR count). The van der Waals surface area contributed by atoms with Crippen molar-refractivity contribution >= 4 is 0 Å². The first-order valence-electron chi connectivity index (χ1n) is 6.42. The van der Waals surface area contributed by atoms with E-state index in [0.29, 0.717) is 6.04 Å². The second-order valence-electron chi connectivity index (χ2n) is 5.13. The van der Waals surface area contributed by atoms with E-state index in [9.17, 15) is 0 Å². The van der Waals surface area contributed by atoms with Gasteiger partial charge in [0, 0.05) is 43.5 Å². The Morgan fingerprint density at radius 2 is 2.19 bits per heavy atom. The van der Waals surface area contributed by atoms with Crippen molar-refractivity contribution in [1.29, 1.82) is 0 Å². The maximum absolute atomic E-state index is 5.92. The van der Waals surface area contributed by atoms with E-state index in [4.69, 9.17) is 5.73 Å². The van der Waals surface area contributed by atoms with Crippen LogP contribution in [0.1, 0.15) is 35.8 Å². The van der Waals surface area contributed by atoms with Gasteiger partial charge in [-0.05, 0) is 37.9 Å². The fraction of sp³-hybridized carbons (Fsp3) is 0.692. The summed E-state index contributed by atoms with van der Waals surface area (Å²) in [4.78, 5) is 2.40. The fourth-order valence-electron chi connectivity index (χ4n) is 3.28. The predicted octanol–water partition coefficient (Wildman–Crippen LogP) is 1.31. The first kappa shape index (κ1) is 10.4. The Hall–Kier alpha value is -0.800. The molecule has 3 heteroatoms. The highest BCUT2D eigenvalue weighted by molar-refractivity contribution is 5.34. The summed E-state index contributed by atoms with van der Waals surface area (Å²) >= 11 is 0. The summed E-state index contributed by atoms with van der Waals surface area (Å²) in [6, 6.07) is 2.86. The lowest BCUT2D eigenvalue weighted by atomic mass is 9.99. The number of nitrogens with zero attached hydrogens (tertiary/aromatic N) is 2. The summed E-state index contributed by atoms with van der Waals surface area (Å²) in [6.07, 6.45) is 5.15. The summed E-state index contributed by atoms with van der Waals surface area (Å²) in [7, 11) is 2.19. The van der Waals surface area contributed by atoms with Crippen LogP contribution in [0, 0.1) is 0 Å². The third-order valence-corrected chi connectivity index (χ3v) is 4.21. The van der Waals surface area contributed by atoms with Gasteiger partial charge in [-0.15, -0.1) is 0 Å². The Bertz CT molecular complexity index is 394. The minimum absolute atomic E-state index is 0.446. The Labute approximate surface area is 97.2 Å². The molecule has 0 saturated carbocycles. The third-order valence-electron chi connectivity index (χ3n) is 4.21. The van der Waals surface area contributed by atoms with E-state index in [1.807, 2.05) is 0 Å². The molecule has 88 valence electrons. The van der Waals surface area contributed by atoms with Gasteiger partial charge in [-0.3, -0.25) is 4.90 Å². The van der Waals surface area contributed by atoms with Crippen LogP contribution in [0.2, 0.25) is 0 Å². The van der Waals surface area contributed by atoms with Crippen LogP contribution < -0.4 is 5.73 Å². The van der Waals surface area contributed by atoms with Crippen LogP contribution in [0.3, 0.4) is 0 Å². The van der Waals surface area contributed by atoms with Gasteiger partial charge in [0.05, 0.1) is 0 Å². The van der Waals surface area contributed by atoms with Gasteiger partial charge >= 0.3 is 0 Å². The molecule has 1 aromatic rings. The van der Waals surface area contributed by atoms with Crippen LogP contribution in [0.4, 0.5) is 0 Å². The molecule has 0 fully saturated rings. The van der Waals surface area contributed by atoms with Gasteiger partial charge in [0.15, 0.2) is 0 Å². The van der Waals surface area contributed by atoms with Crippen molar-refractivity contribution in [2.24, 2.45) is 5.73 Å². The number of likely N-dealkylation sites (N-methyl/N-ethyl adjacent to an activating group) is 1. The molecule has 0 saturated heterocycles. The highest BCUT2D eigenvalue weighted by Crippen LogP contribution is 2.33. The Morgan fingerprint density at radius 3 is 3.00 bits per heavy atom. The number of aryl methyl sites for hydroxylation is 1. The van der Waals surface area contributed by atoms with Crippen molar-refractivity contribution in [2.45, 2.75) is 38.3 Å². The largest absolute Gasteiger partial charge is 0.348 e.